The van der Waals surface area contributed by atoms with Gasteiger partial charge >= 0.3 is 5.97 Å². The second-order valence-corrected chi connectivity index (χ2v) is 3.35. The van der Waals surface area contributed by atoms with Crippen LogP contribution in [-0.4, -0.2) is 11.6 Å². The van der Waals surface area contributed by atoms with E-state index < -0.39 is 5.60 Å². The summed E-state index contributed by atoms with van der Waals surface area (Å²) in [6.45, 7) is 3.43. The van der Waals surface area contributed by atoms with Crippen molar-refractivity contribution in [3.63, 3.8) is 0 Å². The van der Waals surface area contributed by atoms with E-state index in [0.717, 1.165) is 12.8 Å². The molecule has 1 rings (SSSR count). The molecule has 0 N–H and O–H groups in total. The Bertz CT molecular complexity index is 206. The molecule has 0 spiro atoms. The van der Waals surface area contributed by atoms with E-state index in [1.807, 2.05) is 0 Å². The van der Waals surface area contributed by atoms with E-state index in [9.17, 15) is 4.79 Å². The van der Waals surface area contributed by atoms with Gasteiger partial charge in [-0.3, -0.25) is 4.79 Å². The van der Waals surface area contributed by atoms with Gasteiger partial charge in [0.25, 0.3) is 0 Å². The first-order valence-electron chi connectivity index (χ1n) is 3.76. The van der Waals surface area contributed by atoms with Gasteiger partial charge in [0.05, 0.1) is 5.92 Å². The normalized spacial score (nSPS) is 17.2. The van der Waals surface area contributed by atoms with Crippen molar-refractivity contribution in [1.29, 1.82) is 0 Å². The van der Waals surface area contributed by atoms with Crippen LogP contribution in [0.1, 0.15) is 26.7 Å². The molecular weight excluding hydrogens is 140 g/mol. The third-order valence-corrected chi connectivity index (χ3v) is 1.61. The van der Waals surface area contributed by atoms with E-state index in [-0.39, 0.29) is 11.9 Å². The monoisotopic (exact) mass is 152 g/mol. The molecule has 0 aliphatic heterocycles. The molecule has 0 unspecified atom stereocenters. The van der Waals surface area contributed by atoms with Crippen molar-refractivity contribution >= 4 is 5.97 Å². The van der Waals surface area contributed by atoms with Gasteiger partial charge in [0.1, 0.15) is 0 Å². The van der Waals surface area contributed by atoms with E-state index in [2.05, 4.69) is 5.92 Å². The van der Waals surface area contributed by atoms with Crippen LogP contribution >= 0.6 is 0 Å². The predicted molar refractivity (Wildman–Crippen MR) is 41.7 cm³/mol. The van der Waals surface area contributed by atoms with Crippen molar-refractivity contribution in [1.82, 2.24) is 0 Å². The molecule has 1 aliphatic carbocycles. The Morgan fingerprint density at radius 3 is 2.55 bits per heavy atom. The van der Waals surface area contributed by atoms with Gasteiger partial charge in [0.2, 0.25) is 0 Å². The fourth-order valence-corrected chi connectivity index (χ4v) is 0.683. The average Bonchev–Trinajstić information content (AvgIpc) is 2.67. The number of ether oxygens (including phenoxy) is 1. The van der Waals surface area contributed by atoms with Crippen molar-refractivity contribution < 1.29 is 9.53 Å². The first kappa shape index (κ1) is 8.13. The molecule has 0 heterocycles. The smallest absolute Gasteiger partial charge is 0.310 e. The summed E-state index contributed by atoms with van der Waals surface area (Å²) in [5.41, 5.74) is -0.736. The highest BCUT2D eigenvalue weighted by atomic mass is 16.6. The lowest BCUT2D eigenvalue weighted by Gasteiger charge is -2.17. The SMILES string of the molecule is C#CC(C)(C)OC(=O)C1CC1. The van der Waals surface area contributed by atoms with Crippen molar-refractivity contribution in [3.8, 4) is 12.3 Å². The fourth-order valence-electron chi connectivity index (χ4n) is 0.683. The summed E-state index contributed by atoms with van der Waals surface area (Å²) in [6, 6.07) is 0. The molecule has 0 amide bonds. The van der Waals surface area contributed by atoms with Gasteiger partial charge in [-0.15, -0.1) is 6.42 Å². The van der Waals surface area contributed by atoms with E-state index in [1.165, 1.54) is 0 Å². The minimum absolute atomic E-state index is 0.127. The van der Waals surface area contributed by atoms with Crippen molar-refractivity contribution in [2.45, 2.75) is 32.3 Å². The molecule has 11 heavy (non-hydrogen) atoms. The summed E-state index contributed by atoms with van der Waals surface area (Å²) in [4.78, 5) is 11.1. The molecule has 1 saturated carbocycles. The first-order valence-corrected chi connectivity index (χ1v) is 3.76. The molecule has 0 aromatic heterocycles. The van der Waals surface area contributed by atoms with E-state index in [1.54, 1.807) is 13.8 Å². The van der Waals surface area contributed by atoms with Crippen LogP contribution in [0.3, 0.4) is 0 Å². The number of terminal acetylenes is 1. The fraction of sp³-hybridized carbons (Fsp3) is 0.667. The maximum Gasteiger partial charge on any atom is 0.310 e. The summed E-state index contributed by atoms with van der Waals surface area (Å²) in [5.74, 6) is 2.39. The van der Waals surface area contributed by atoms with Crippen LogP contribution in [0.15, 0.2) is 0 Å². The van der Waals surface area contributed by atoms with Gasteiger partial charge in [-0.2, -0.15) is 0 Å². The molecule has 0 radical (unpaired) electrons. The Hall–Kier alpha value is -0.970. The van der Waals surface area contributed by atoms with Crippen LogP contribution < -0.4 is 0 Å². The maximum absolute atomic E-state index is 11.1. The molecule has 0 saturated heterocycles. The molecule has 2 heteroatoms. The molecule has 2 nitrogen and oxygen atoms in total. The average molecular weight is 152 g/mol. The minimum Gasteiger partial charge on any atom is -0.446 e. The quantitative estimate of drug-likeness (QED) is 0.441. The maximum atomic E-state index is 11.1. The summed E-state index contributed by atoms with van der Waals surface area (Å²) < 4.78 is 5.04. The highest BCUT2D eigenvalue weighted by molar-refractivity contribution is 5.75. The molecule has 1 fully saturated rings. The molecule has 60 valence electrons. The summed E-state index contributed by atoms with van der Waals surface area (Å²) in [5, 5.41) is 0. The number of carbonyl (C=O) groups excluding carboxylic acids is 1. The zero-order valence-electron chi connectivity index (χ0n) is 6.89. The van der Waals surface area contributed by atoms with Crippen LogP contribution in [0.2, 0.25) is 0 Å². The molecule has 0 bridgehead atoms. The largest absolute Gasteiger partial charge is 0.446 e. The third-order valence-electron chi connectivity index (χ3n) is 1.61. The van der Waals surface area contributed by atoms with Gasteiger partial charge in [-0.05, 0) is 26.7 Å². The second-order valence-electron chi connectivity index (χ2n) is 3.35. The summed E-state index contributed by atoms with van der Waals surface area (Å²) in [6.07, 6.45) is 7.06. The predicted octanol–water partition coefficient (Wildman–Crippen LogP) is 1.35. The van der Waals surface area contributed by atoms with Crippen molar-refractivity contribution in [3.05, 3.63) is 0 Å². The number of hydrogen-bond donors (Lipinski definition) is 0. The van der Waals surface area contributed by atoms with Gasteiger partial charge in [-0.25, -0.2) is 0 Å². The Morgan fingerprint density at radius 2 is 2.18 bits per heavy atom. The number of esters is 1. The topological polar surface area (TPSA) is 26.3 Å². The first-order chi connectivity index (χ1) is 5.05. The van der Waals surface area contributed by atoms with Crippen LogP contribution in [0.5, 0.6) is 0 Å². The lowest BCUT2D eigenvalue weighted by atomic mass is 10.1. The summed E-state index contributed by atoms with van der Waals surface area (Å²) in [7, 11) is 0. The number of carbonyl (C=O) groups is 1. The molecule has 1 aliphatic rings. The van der Waals surface area contributed by atoms with Crippen molar-refractivity contribution in [2.75, 3.05) is 0 Å². The van der Waals surface area contributed by atoms with Crippen LogP contribution in [-0.2, 0) is 9.53 Å². The molecule has 0 atom stereocenters. The minimum atomic E-state index is -0.736. The van der Waals surface area contributed by atoms with Gasteiger partial charge in [0.15, 0.2) is 5.60 Å². The lowest BCUT2D eigenvalue weighted by molar-refractivity contribution is -0.153. The van der Waals surface area contributed by atoms with Crippen molar-refractivity contribution in [2.24, 2.45) is 5.92 Å². The highest BCUT2D eigenvalue weighted by Crippen LogP contribution is 2.31. The molecule has 0 aromatic rings. The van der Waals surface area contributed by atoms with Gasteiger partial charge in [-0.1, -0.05) is 5.92 Å². The van der Waals surface area contributed by atoms with Crippen LogP contribution in [0, 0.1) is 18.3 Å². The lowest BCUT2D eigenvalue weighted by Crippen LogP contribution is -2.26. The van der Waals surface area contributed by atoms with Gasteiger partial charge < -0.3 is 4.74 Å². The summed E-state index contributed by atoms with van der Waals surface area (Å²) >= 11 is 0. The molecular formula is C9H12O2. The van der Waals surface area contributed by atoms with Gasteiger partial charge in [0, 0.05) is 0 Å². The zero-order chi connectivity index (χ0) is 8.48. The van der Waals surface area contributed by atoms with Crippen LogP contribution in [0.25, 0.3) is 0 Å². The zero-order valence-corrected chi connectivity index (χ0v) is 6.89. The molecule has 0 aromatic carbocycles. The van der Waals surface area contributed by atoms with Crippen LogP contribution in [0.4, 0.5) is 0 Å². The standard InChI is InChI=1S/C9H12O2/c1-4-9(2,3)11-8(10)7-5-6-7/h1,7H,5-6H2,2-3H3. The van der Waals surface area contributed by atoms with E-state index in [0.29, 0.717) is 0 Å². The second kappa shape index (κ2) is 2.58. The Labute approximate surface area is 66.9 Å². The number of hydrogen-bond acceptors (Lipinski definition) is 2. The Balaban J connectivity index is 2.41. The Morgan fingerprint density at radius 1 is 1.64 bits per heavy atom. The van der Waals surface area contributed by atoms with E-state index >= 15 is 0 Å². The third kappa shape index (κ3) is 2.27. The highest BCUT2D eigenvalue weighted by Gasteiger charge is 2.34. The Kier molecular flexibility index (Phi) is 1.90. The van der Waals surface area contributed by atoms with E-state index in [4.69, 9.17) is 11.2 Å². The number of rotatable bonds is 2.